The SMILES string of the molecule is CCCn1ccnc1C(=O)C(C)(C)CC. The molecule has 0 saturated carbocycles. The first-order valence-electron chi connectivity index (χ1n) is 5.59. The van der Waals surface area contributed by atoms with E-state index in [1.54, 1.807) is 6.20 Å². The summed E-state index contributed by atoms with van der Waals surface area (Å²) in [5.74, 6) is 0.743. The van der Waals surface area contributed by atoms with Crippen LogP contribution in [0.3, 0.4) is 0 Å². The van der Waals surface area contributed by atoms with Gasteiger partial charge in [-0.3, -0.25) is 4.79 Å². The second-order valence-corrected chi connectivity index (χ2v) is 4.51. The molecule has 1 aromatic rings. The Hall–Kier alpha value is -1.12. The van der Waals surface area contributed by atoms with Gasteiger partial charge in [0.25, 0.3) is 0 Å². The molecule has 1 aromatic heterocycles. The average molecular weight is 208 g/mol. The highest BCUT2D eigenvalue weighted by Gasteiger charge is 2.29. The molecule has 15 heavy (non-hydrogen) atoms. The topological polar surface area (TPSA) is 34.9 Å². The lowest BCUT2D eigenvalue weighted by molar-refractivity contribution is 0.0816. The number of ketones is 1. The average Bonchev–Trinajstić information content (AvgIpc) is 2.65. The quantitative estimate of drug-likeness (QED) is 0.697. The third-order valence-electron chi connectivity index (χ3n) is 2.88. The van der Waals surface area contributed by atoms with E-state index in [1.165, 1.54) is 0 Å². The van der Waals surface area contributed by atoms with Crippen molar-refractivity contribution in [3.63, 3.8) is 0 Å². The Labute approximate surface area is 91.5 Å². The van der Waals surface area contributed by atoms with Crippen molar-refractivity contribution in [3.05, 3.63) is 18.2 Å². The van der Waals surface area contributed by atoms with E-state index in [2.05, 4.69) is 11.9 Å². The van der Waals surface area contributed by atoms with Gasteiger partial charge in [-0.05, 0) is 12.8 Å². The highest BCUT2D eigenvalue weighted by atomic mass is 16.1. The van der Waals surface area contributed by atoms with Crippen molar-refractivity contribution < 1.29 is 4.79 Å². The molecule has 0 saturated heterocycles. The number of aryl methyl sites for hydroxylation is 1. The molecule has 0 aliphatic rings. The van der Waals surface area contributed by atoms with Gasteiger partial charge in [0.2, 0.25) is 5.78 Å². The molecule has 1 heterocycles. The molecule has 84 valence electrons. The van der Waals surface area contributed by atoms with E-state index in [4.69, 9.17) is 0 Å². The lowest BCUT2D eigenvalue weighted by Gasteiger charge is -2.20. The maximum atomic E-state index is 12.2. The van der Waals surface area contributed by atoms with Crippen LogP contribution in [-0.2, 0) is 6.54 Å². The van der Waals surface area contributed by atoms with Gasteiger partial charge in [0, 0.05) is 24.4 Å². The van der Waals surface area contributed by atoms with Crippen molar-refractivity contribution in [3.8, 4) is 0 Å². The van der Waals surface area contributed by atoms with Crippen LogP contribution in [0.15, 0.2) is 12.4 Å². The van der Waals surface area contributed by atoms with Crippen LogP contribution in [-0.4, -0.2) is 15.3 Å². The van der Waals surface area contributed by atoms with Crippen molar-refractivity contribution in [2.75, 3.05) is 0 Å². The molecule has 0 N–H and O–H groups in total. The lowest BCUT2D eigenvalue weighted by atomic mass is 9.85. The first-order valence-corrected chi connectivity index (χ1v) is 5.59. The van der Waals surface area contributed by atoms with Crippen LogP contribution < -0.4 is 0 Å². The number of nitrogens with zero attached hydrogens (tertiary/aromatic N) is 2. The van der Waals surface area contributed by atoms with Gasteiger partial charge in [0.1, 0.15) is 0 Å². The standard InChI is InChI=1S/C12H20N2O/c1-5-8-14-9-7-13-11(14)10(15)12(3,4)6-2/h7,9H,5-6,8H2,1-4H3. The summed E-state index contributed by atoms with van der Waals surface area (Å²) in [5, 5.41) is 0. The molecule has 0 aromatic carbocycles. The highest BCUT2D eigenvalue weighted by molar-refractivity contribution is 5.97. The van der Waals surface area contributed by atoms with E-state index in [9.17, 15) is 4.79 Å². The Morgan fingerprint density at radius 1 is 1.47 bits per heavy atom. The van der Waals surface area contributed by atoms with Crippen LogP contribution in [0.2, 0.25) is 0 Å². The van der Waals surface area contributed by atoms with Gasteiger partial charge in [0.15, 0.2) is 5.82 Å². The summed E-state index contributed by atoms with van der Waals surface area (Å²) in [7, 11) is 0. The predicted molar refractivity (Wildman–Crippen MR) is 60.9 cm³/mol. The third kappa shape index (κ3) is 2.46. The van der Waals surface area contributed by atoms with Gasteiger partial charge >= 0.3 is 0 Å². The number of hydrogen-bond donors (Lipinski definition) is 0. The van der Waals surface area contributed by atoms with Crippen molar-refractivity contribution in [2.24, 2.45) is 5.41 Å². The molecule has 0 spiro atoms. The zero-order chi connectivity index (χ0) is 11.5. The van der Waals surface area contributed by atoms with Crippen molar-refractivity contribution >= 4 is 5.78 Å². The minimum absolute atomic E-state index is 0.142. The molecule has 0 fully saturated rings. The predicted octanol–water partition coefficient (Wildman–Crippen LogP) is 2.91. The Morgan fingerprint density at radius 2 is 2.13 bits per heavy atom. The van der Waals surface area contributed by atoms with Gasteiger partial charge in [-0.1, -0.05) is 27.7 Å². The third-order valence-corrected chi connectivity index (χ3v) is 2.88. The summed E-state index contributed by atoms with van der Waals surface area (Å²) in [5.41, 5.74) is -0.309. The molecular formula is C12H20N2O. The number of hydrogen-bond acceptors (Lipinski definition) is 2. The number of imidazole rings is 1. The molecule has 1 rings (SSSR count). The number of rotatable bonds is 5. The van der Waals surface area contributed by atoms with Crippen LogP contribution in [0, 0.1) is 5.41 Å². The fourth-order valence-corrected chi connectivity index (χ4v) is 1.40. The minimum atomic E-state index is -0.309. The van der Waals surface area contributed by atoms with E-state index in [0.717, 1.165) is 19.4 Å². The summed E-state index contributed by atoms with van der Waals surface area (Å²) in [6.07, 6.45) is 5.44. The first-order chi connectivity index (χ1) is 7.03. The van der Waals surface area contributed by atoms with Crippen molar-refractivity contribution in [1.82, 2.24) is 9.55 Å². The van der Waals surface area contributed by atoms with Gasteiger partial charge in [0.05, 0.1) is 0 Å². The zero-order valence-corrected chi connectivity index (χ0v) is 10.1. The maximum Gasteiger partial charge on any atom is 0.203 e. The Kier molecular flexibility index (Phi) is 3.66. The molecule has 0 amide bonds. The van der Waals surface area contributed by atoms with Crippen LogP contribution in [0.1, 0.15) is 51.2 Å². The fraction of sp³-hybridized carbons (Fsp3) is 0.667. The normalized spacial score (nSPS) is 11.7. The van der Waals surface area contributed by atoms with Crippen LogP contribution in [0.5, 0.6) is 0 Å². The number of carbonyl (C=O) groups is 1. The second-order valence-electron chi connectivity index (χ2n) is 4.51. The van der Waals surface area contributed by atoms with E-state index in [-0.39, 0.29) is 11.2 Å². The Balaban J connectivity index is 2.96. The Bertz CT molecular complexity index is 339. The maximum absolute atomic E-state index is 12.2. The van der Waals surface area contributed by atoms with Gasteiger partial charge in [-0.2, -0.15) is 0 Å². The van der Waals surface area contributed by atoms with Crippen LogP contribution in [0.4, 0.5) is 0 Å². The van der Waals surface area contributed by atoms with E-state index < -0.39 is 0 Å². The highest BCUT2D eigenvalue weighted by Crippen LogP contribution is 2.24. The largest absolute Gasteiger partial charge is 0.329 e. The van der Waals surface area contributed by atoms with E-state index in [0.29, 0.717) is 5.82 Å². The van der Waals surface area contributed by atoms with E-state index in [1.807, 2.05) is 31.5 Å². The van der Waals surface area contributed by atoms with Crippen LogP contribution in [0.25, 0.3) is 0 Å². The summed E-state index contributed by atoms with van der Waals surface area (Å²) >= 11 is 0. The molecule has 3 heteroatoms. The molecule has 3 nitrogen and oxygen atoms in total. The van der Waals surface area contributed by atoms with Gasteiger partial charge in [-0.15, -0.1) is 0 Å². The summed E-state index contributed by atoms with van der Waals surface area (Å²) in [6.45, 7) is 8.94. The smallest absolute Gasteiger partial charge is 0.203 e. The number of aromatic nitrogens is 2. The molecule has 0 atom stereocenters. The number of carbonyl (C=O) groups excluding carboxylic acids is 1. The van der Waals surface area contributed by atoms with Gasteiger partial charge < -0.3 is 4.57 Å². The van der Waals surface area contributed by atoms with Gasteiger partial charge in [-0.25, -0.2) is 4.98 Å². The summed E-state index contributed by atoms with van der Waals surface area (Å²) in [4.78, 5) is 16.3. The fourth-order valence-electron chi connectivity index (χ4n) is 1.40. The number of Topliss-reactive ketones (excluding diaryl/α,β-unsaturated/α-hetero) is 1. The Morgan fingerprint density at radius 3 is 2.67 bits per heavy atom. The van der Waals surface area contributed by atoms with Crippen molar-refractivity contribution in [1.29, 1.82) is 0 Å². The second kappa shape index (κ2) is 4.60. The summed E-state index contributed by atoms with van der Waals surface area (Å²) < 4.78 is 1.94. The summed E-state index contributed by atoms with van der Waals surface area (Å²) in [6, 6.07) is 0. The molecule has 0 bridgehead atoms. The van der Waals surface area contributed by atoms with Crippen LogP contribution >= 0.6 is 0 Å². The lowest BCUT2D eigenvalue weighted by Crippen LogP contribution is -2.26. The molecular weight excluding hydrogens is 188 g/mol. The molecule has 0 aliphatic heterocycles. The minimum Gasteiger partial charge on any atom is -0.329 e. The van der Waals surface area contributed by atoms with E-state index >= 15 is 0 Å². The zero-order valence-electron chi connectivity index (χ0n) is 10.1. The molecule has 0 unspecified atom stereocenters. The molecule has 0 radical (unpaired) electrons. The molecule has 0 aliphatic carbocycles. The first kappa shape index (κ1) is 12.0. The monoisotopic (exact) mass is 208 g/mol. The van der Waals surface area contributed by atoms with Crippen molar-refractivity contribution in [2.45, 2.75) is 47.1 Å².